The summed E-state index contributed by atoms with van der Waals surface area (Å²) in [6.45, 7) is 2.80. The average molecular weight is 198 g/mol. The molecule has 2 rings (SSSR count). The van der Waals surface area contributed by atoms with E-state index in [4.69, 9.17) is 11.6 Å². The second-order valence-electron chi connectivity index (χ2n) is 2.47. The smallest absolute Gasteiger partial charge is 0.255 e. The van der Waals surface area contributed by atoms with Crippen molar-refractivity contribution in [3.8, 4) is 0 Å². The van der Waals surface area contributed by atoms with E-state index >= 15 is 0 Å². The molecule has 2 aromatic rings. The number of hydrogen-bond acceptors (Lipinski definition) is 4. The van der Waals surface area contributed by atoms with Gasteiger partial charge in [-0.1, -0.05) is 11.6 Å². The summed E-state index contributed by atoms with van der Waals surface area (Å²) >= 11 is 5.78. The highest BCUT2D eigenvalue weighted by Crippen LogP contribution is 2.13. The average Bonchev–Trinajstić information content (AvgIpc) is 2.52. The summed E-state index contributed by atoms with van der Waals surface area (Å²) in [5.41, 5.74) is 0. The van der Waals surface area contributed by atoms with Gasteiger partial charge in [-0.25, -0.2) is 0 Å². The van der Waals surface area contributed by atoms with Crippen LogP contribution in [-0.4, -0.2) is 26.1 Å². The quantitative estimate of drug-likeness (QED) is 0.736. The van der Waals surface area contributed by atoms with E-state index in [1.54, 1.807) is 10.6 Å². The maximum absolute atomic E-state index is 5.78. The molecule has 0 radical (unpaired) electrons. The van der Waals surface area contributed by atoms with Gasteiger partial charge in [0.05, 0.1) is 0 Å². The molecule has 13 heavy (non-hydrogen) atoms. The number of anilines is 1. The van der Waals surface area contributed by atoms with Gasteiger partial charge in [-0.2, -0.15) is 19.6 Å². The summed E-state index contributed by atoms with van der Waals surface area (Å²) in [6.07, 6.45) is 1.44. The van der Waals surface area contributed by atoms with Crippen molar-refractivity contribution in [1.29, 1.82) is 0 Å². The first-order valence-corrected chi connectivity index (χ1v) is 4.29. The Kier molecular flexibility index (Phi) is 2.02. The summed E-state index contributed by atoms with van der Waals surface area (Å²) in [5.74, 6) is 1.30. The molecule has 0 aliphatic carbocycles. The predicted octanol–water partition coefficient (Wildman–Crippen LogP) is 1.21. The number of rotatable bonds is 2. The Morgan fingerprint density at radius 1 is 1.62 bits per heavy atom. The molecular formula is C7H8ClN5. The van der Waals surface area contributed by atoms with Gasteiger partial charge < -0.3 is 5.32 Å². The lowest BCUT2D eigenvalue weighted by Gasteiger charge is -2.04. The van der Waals surface area contributed by atoms with E-state index in [9.17, 15) is 0 Å². The van der Waals surface area contributed by atoms with Crippen molar-refractivity contribution in [3.05, 3.63) is 17.5 Å². The summed E-state index contributed by atoms with van der Waals surface area (Å²) in [5, 5.41) is 7.53. The Balaban J connectivity index is 2.63. The van der Waals surface area contributed by atoms with Crippen LogP contribution >= 0.6 is 11.6 Å². The Morgan fingerprint density at radius 2 is 2.46 bits per heavy atom. The molecule has 0 saturated carbocycles. The molecule has 6 heteroatoms. The van der Waals surface area contributed by atoms with Crippen LogP contribution < -0.4 is 5.32 Å². The molecule has 2 heterocycles. The zero-order chi connectivity index (χ0) is 9.26. The first kappa shape index (κ1) is 8.25. The minimum Gasteiger partial charge on any atom is -0.370 e. The number of hydrogen-bond donors (Lipinski definition) is 1. The lowest BCUT2D eigenvalue weighted by atomic mass is 10.5. The fourth-order valence-corrected chi connectivity index (χ4v) is 1.27. The van der Waals surface area contributed by atoms with Crippen molar-refractivity contribution in [2.24, 2.45) is 0 Å². The van der Waals surface area contributed by atoms with E-state index in [0.29, 0.717) is 10.9 Å². The van der Waals surface area contributed by atoms with Crippen LogP contribution in [0.25, 0.3) is 5.78 Å². The van der Waals surface area contributed by atoms with Gasteiger partial charge in [0.1, 0.15) is 17.3 Å². The van der Waals surface area contributed by atoms with Crippen molar-refractivity contribution in [1.82, 2.24) is 19.6 Å². The van der Waals surface area contributed by atoms with Gasteiger partial charge in [0.15, 0.2) is 0 Å². The van der Waals surface area contributed by atoms with E-state index in [0.717, 1.165) is 12.4 Å². The zero-order valence-electron chi connectivity index (χ0n) is 7.03. The Morgan fingerprint density at radius 3 is 3.23 bits per heavy atom. The van der Waals surface area contributed by atoms with Gasteiger partial charge in [0.2, 0.25) is 0 Å². The Hall–Kier alpha value is -1.36. The summed E-state index contributed by atoms with van der Waals surface area (Å²) in [6, 6.07) is 1.72. The van der Waals surface area contributed by atoms with Gasteiger partial charge >= 0.3 is 0 Å². The molecular weight excluding hydrogens is 190 g/mol. The second kappa shape index (κ2) is 3.18. The fraction of sp³-hybridized carbons (Fsp3) is 0.286. The molecule has 5 nitrogen and oxygen atoms in total. The van der Waals surface area contributed by atoms with Crippen molar-refractivity contribution in [3.63, 3.8) is 0 Å². The van der Waals surface area contributed by atoms with Crippen LogP contribution in [0.4, 0.5) is 5.82 Å². The SMILES string of the molecule is CCNc1cc(Cl)nc2ncnn12. The molecule has 0 fully saturated rings. The van der Waals surface area contributed by atoms with Gasteiger partial charge in [0, 0.05) is 12.6 Å². The summed E-state index contributed by atoms with van der Waals surface area (Å²) in [4.78, 5) is 7.93. The number of fused-ring (bicyclic) bond motifs is 1. The molecule has 0 atom stereocenters. The van der Waals surface area contributed by atoms with Crippen molar-refractivity contribution >= 4 is 23.2 Å². The molecule has 0 bridgehead atoms. The van der Waals surface area contributed by atoms with E-state index in [1.807, 2.05) is 6.92 Å². The van der Waals surface area contributed by atoms with E-state index in [-0.39, 0.29) is 0 Å². The van der Waals surface area contributed by atoms with Crippen LogP contribution in [0.1, 0.15) is 6.92 Å². The zero-order valence-corrected chi connectivity index (χ0v) is 7.78. The fourth-order valence-electron chi connectivity index (χ4n) is 1.09. The number of aromatic nitrogens is 4. The molecule has 0 unspecified atom stereocenters. The largest absolute Gasteiger partial charge is 0.370 e. The highest BCUT2D eigenvalue weighted by atomic mass is 35.5. The van der Waals surface area contributed by atoms with Gasteiger partial charge in [-0.05, 0) is 6.92 Å². The monoisotopic (exact) mass is 197 g/mol. The molecule has 0 aromatic carbocycles. The molecule has 0 amide bonds. The van der Waals surface area contributed by atoms with Crippen LogP contribution in [0, 0.1) is 0 Å². The van der Waals surface area contributed by atoms with Crippen molar-refractivity contribution in [2.45, 2.75) is 6.92 Å². The van der Waals surface area contributed by atoms with Crippen LogP contribution in [-0.2, 0) is 0 Å². The number of halogens is 1. The molecule has 68 valence electrons. The first-order chi connectivity index (χ1) is 6.31. The third kappa shape index (κ3) is 1.42. The van der Waals surface area contributed by atoms with Crippen LogP contribution in [0.15, 0.2) is 12.4 Å². The van der Waals surface area contributed by atoms with Crippen LogP contribution in [0.3, 0.4) is 0 Å². The highest BCUT2D eigenvalue weighted by Gasteiger charge is 2.04. The van der Waals surface area contributed by atoms with Crippen molar-refractivity contribution in [2.75, 3.05) is 11.9 Å². The molecule has 0 spiro atoms. The Labute approximate surface area is 79.8 Å². The molecule has 0 aliphatic heterocycles. The number of nitrogens with zero attached hydrogens (tertiary/aromatic N) is 4. The summed E-state index contributed by atoms with van der Waals surface area (Å²) < 4.78 is 1.61. The standard InChI is InChI=1S/C7H8ClN5/c1-2-9-6-3-5(8)12-7-10-4-11-13(6)7/h3-4,9H,2H2,1H3. The molecule has 0 saturated heterocycles. The molecule has 2 aromatic heterocycles. The van der Waals surface area contributed by atoms with E-state index in [2.05, 4.69) is 20.4 Å². The van der Waals surface area contributed by atoms with E-state index < -0.39 is 0 Å². The van der Waals surface area contributed by atoms with Gasteiger partial charge in [-0.3, -0.25) is 0 Å². The van der Waals surface area contributed by atoms with Gasteiger partial charge in [-0.15, -0.1) is 0 Å². The maximum Gasteiger partial charge on any atom is 0.255 e. The minimum absolute atomic E-state index is 0.413. The van der Waals surface area contributed by atoms with E-state index in [1.165, 1.54) is 6.33 Å². The van der Waals surface area contributed by atoms with Crippen LogP contribution in [0.2, 0.25) is 5.15 Å². The topological polar surface area (TPSA) is 55.1 Å². The first-order valence-electron chi connectivity index (χ1n) is 3.91. The highest BCUT2D eigenvalue weighted by molar-refractivity contribution is 6.29. The van der Waals surface area contributed by atoms with Crippen LogP contribution in [0.5, 0.6) is 0 Å². The summed E-state index contributed by atoms with van der Waals surface area (Å²) in [7, 11) is 0. The third-order valence-electron chi connectivity index (χ3n) is 1.58. The third-order valence-corrected chi connectivity index (χ3v) is 1.77. The number of nitrogens with one attached hydrogen (secondary N) is 1. The second-order valence-corrected chi connectivity index (χ2v) is 2.85. The lowest BCUT2D eigenvalue weighted by molar-refractivity contribution is 0.931. The van der Waals surface area contributed by atoms with Gasteiger partial charge in [0.25, 0.3) is 5.78 Å². The molecule has 0 aliphatic rings. The Bertz CT molecular complexity index is 424. The minimum atomic E-state index is 0.413. The normalized spacial score (nSPS) is 10.6. The molecule has 1 N–H and O–H groups in total. The predicted molar refractivity (Wildman–Crippen MR) is 50.0 cm³/mol. The maximum atomic E-state index is 5.78. The lowest BCUT2D eigenvalue weighted by Crippen LogP contribution is -2.04. The van der Waals surface area contributed by atoms with Crippen molar-refractivity contribution < 1.29 is 0 Å².